The first-order chi connectivity index (χ1) is 8.33. The average molecular weight is 253 g/mol. The maximum atomic E-state index is 13.9. The number of aliphatic hydroxyl groups is 1. The number of rotatable bonds is 3. The van der Waals surface area contributed by atoms with Crippen LogP contribution in [-0.4, -0.2) is 25.7 Å². The molecular weight excluding hydrogens is 240 g/mol. The van der Waals surface area contributed by atoms with Gasteiger partial charge in [-0.1, -0.05) is 17.9 Å². The molecule has 0 fully saturated rings. The standard InChI is InChI=1S/C12H13F2N3O/c1-4-7-5-8-11(10(14)9(7)13)17(16-15-8)6-12(2,3)18/h4-5,18H,1,6H2,2-3H3. The lowest BCUT2D eigenvalue weighted by molar-refractivity contribution is 0.0583. The van der Waals surface area contributed by atoms with Gasteiger partial charge in [-0.05, 0) is 19.9 Å². The van der Waals surface area contributed by atoms with Gasteiger partial charge in [0.05, 0.1) is 12.1 Å². The summed E-state index contributed by atoms with van der Waals surface area (Å²) in [6.07, 6.45) is 1.22. The van der Waals surface area contributed by atoms with Crippen molar-refractivity contribution in [3.05, 3.63) is 29.8 Å². The van der Waals surface area contributed by atoms with Crippen molar-refractivity contribution in [2.24, 2.45) is 0 Å². The maximum Gasteiger partial charge on any atom is 0.186 e. The smallest absolute Gasteiger partial charge is 0.186 e. The Labute approximate surface area is 103 Å². The van der Waals surface area contributed by atoms with Crippen LogP contribution in [0.4, 0.5) is 8.78 Å². The number of hydrogen-bond acceptors (Lipinski definition) is 3. The first kappa shape index (κ1) is 12.6. The number of halogens is 2. The molecule has 0 aliphatic rings. The molecule has 0 saturated heterocycles. The topological polar surface area (TPSA) is 50.9 Å². The fourth-order valence-corrected chi connectivity index (χ4v) is 1.72. The molecule has 2 aromatic rings. The minimum absolute atomic E-state index is 0.0211. The van der Waals surface area contributed by atoms with Crippen molar-refractivity contribution < 1.29 is 13.9 Å². The van der Waals surface area contributed by atoms with Gasteiger partial charge in [0.15, 0.2) is 11.6 Å². The highest BCUT2D eigenvalue weighted by Gasteiger charge is 2.21. The van der Waals surface area contributed by atoms with Gasteiger partial charge in [-0.2, -0.15) is 0 Å². The van der Waals surface area contributed by atoms with Crippen LogP contribution < -0.4 is 0 Å². The van der Waals surface area contributed by atoms with Gasteiger partial charge < -0.3 is 5.11 Å². The van der Waals surface area contributed by atoms with Crippen molar-refractivity contribution in [2.75, 3.05) is 0 Å². The minimum Gasteiger partial charge on any atom is -0.389 e. The summed E-state index contributed by atoms with van der Waals surface area (Å²) in [5.74, 6) is -2.02. The molecule has 18 heavy (non-hydrogen) atoms. The van der Waals surface area contributed by atoms with E-state index in [2.05, 4.69) is 16.9 Å². The van der Waals surface area contributed by atoms with Crippen LogP contribution in [0.2, 0.25) is 0 Å². The van der Waals surface area contributed by atoms with E-state index < -0.39 is 17.2 Å². The summed E-state index contributed by atoms with van der Waals surface area (Å²) >= 11 is 0. The monoisotopic (exact) mass is 253 g/mol. The Kier molecular flexibility index (Phi) is 2.90. The van der Waals surface area contributed by atoms with Crippen LogP contribution in [0.25, 0.3) is 17.1 Å². The predicted octanol–water partition coefficient (Wildman–Crippen LogP) is 2.12. The van der Waals surface area contributed by atoms with Crippen LogP contribution in [-0.2, 0) is 6.54 Å². The molecule has 0 amide bonds. The normalized spacial score (nSPS) is 12.1. The van der Waals surface area contributed by atoms with E-state index in [1.165, 1.54) is 12.1 Å². The van der Waals surface area contributed by atoms with Gasteiger partial charge in [-0.3, -0.25) is 0 Å². The lowest BCUT2D eigenvalue weighted by Gasteiger charge is -2.16. The van der Waals surface area contributed by atoms with E-state index in [4.69, 9.17) is 0 Å². The zero-order chi connectivity index (χ0) is 13.5. The molecule has 1 aromatic carbocycles. The molecule has 0 spiro atoms. The molecule has 0 saturated carbocycles. The molecule has 1 aromatic heterocycles. The van der Waals surface area contributed by atoms with Gasteiger partial charge in [0.2, 0.25) is 0 Å². The third-order valence-electron chi connectivity index (χ3n) is 2.46. The van der Waals surface area contributed by atoms with Crippen molar-refractivity contribution in [3.8, 4) is 0 Å². The molecule has 1 N–H and O–H groups in total. The van der Waals surface area contributed by atoms with E-state index in [-0.39, 0.29) is 23.1 Å². The highest BCUT2D eigenvalue weighted by Crippen LogP contribution is 2.23. The molecule has 0 aliphatic carbocycles. The minimum atomic E-state index is -1.10. The molecule has 1 heterocycles. The third-order valence-corrected chi connectivity index (χ3v) is 2.46. The highest BCUT2D eigenvalue weighted by molar-refractivity contribution is 5.78. The van der Waals surface area contributed by atoms with E-state index in [0.717, 1.165) is 4.68 Å². The fraction of sp³-hybridized carbons (Fsp3) is 0.333. The summed E-state index contributed by atoms with van der Waals surface area (Å²) < 4.78 is 28.7. The predicted molar refractivity (Wildman–Crippen MR) is 63.8 cm³/mol. The summed E-state index contributed by atoms with van der Waals surface area (Å²) in [5.41, 5.74) is -0.885. The van der Waals surface area contributed by atoms with Gasteiger partial charge in [-0.25, -0.2) is 13.5 Å². The average Bonchev–Trinajstić information content (AvgIpc) is 2.64. The van der Waals surface area contributed by atoms with Crippen molar-refractivity contribution >= 4 is 17.1 Å². The molecule has 0 aliphatic heterocycles. The van der Waals surface area contributed by atoms with Crippen molar-refractivity contribution in [1.29, 1.82) is 0 Å². The van der Waals surface area contributed by atoms with Crippen LogP contribution in [0.3, 0.4) is 0 Å². The van der Waals surface area contributed by atoms with Crippen molar-refractivity contribution in [2.45, 2.75) is 26.0 Å². The molecule has 6 heteroatoms. The molecule has 0 bridgehead atoms. The quantitative estimate of drug-likeness (QED) is 0.911. The fourth-order valence-electron chi connectivity index (χ4n) is 1.72. The summed E-state index contributed by atoms with van der Waals surface area (Å²) in [6, 6.07) is 1.37. The van der Waals surface area contributed by atoms with Gasteiger partial charge in [-0.15, -0.1) is 5.10 Å². The van der Waals surface area contributed by atoms with Crippen molar-refractivity contribution in [3.63, 3.8) is 0 Å². The van der Waals surface area contributed by atoms with Gasteiger partial charge in [0.25, 0.3) is 0 Å². The summed E-state index contributed by atoms with van der Waals surface area (Å²) in [4.78, 5) is 0. The first-order valence-corrected chi connectivity index (χ1v) is 5.39. The molecule has 0 unspecified atom stereocenters. The van der Waals surface area contributed by atoms with E-state index in [1.54, 1.807) is 13.8 Å². The molecular formula is C12H13F2N3O. The van der Waals surface area contributed by atoms with E-state index in [0.29, 0.717) is 0 Å². The van der Waals surface area contributed by atoms with Crippen LogP contribution in [0.5, 0.6) is 0 Å². The Balaban J connectivity index is 2.66. The maximum absolute atomic E-state index is 13.9. The SMILES string of the molecule is C=Cc1cc2nnn(CC(C)(C)O)c2c(F)c1F. The summed E-state index contributed by atoms with van der Waals surface area (Å²) in [7, 11) is 0. The second kappa shape index (κ2) is 4.13. The first-order valence-electron chi connectivity index (χ1n) is 5.39. The second-order valence-electron chi connectivity index (χ2n) is 4.73. The number of nitrogens with zero attached hydrogens (tertiary/aromatic N) is 3. The number of benzene rings is 1. The van der Waals surface area contributed by atoms with Gasteiger partial charge in [0, 0.05) is 5.56 Å². The Morgan fingerprint density at radius 2 is 2.11 bits per heavy atom. The van der Waals surface area contributed by atoms with E-state index in [1.807, 2.05) is 0 Å². The molecule has 0 atom stereocenters. The number of fused-ring (bicyclic) bond motifs is 1. The largest absolute Gasteiger partial charge is 0.389 e. The number of aromatic nitrogens is 3. The lowest BCUT2D eigenvalue weighted by atomic mass is 10.1. The molecule has 0 radical (unpaired) electrons. The zero-order valence-corrected chi connectivity index (χ0v) is 10.1. The third kappa shape index (κ3) is 2.11. The van der Waals surface area contributed by atoms with Gasteiger partial charge >= 0.3 is 0 Å². The Morgan fingerprint density at radius 3 is 2.67 bits per heavy atom. The Morgan fingerprint density at radius 1 is 1.44 bits per heavy atom. The van der Waals surface area contributed by atoms with E-state index >= 15 is 0 Å². The van der Waals surface area contributed by atoms with Gasteiger partial charge in [0.1, 0.15) is 11.0 Å². The second-order valence-corrected chi connectivity index (χ2v) is 4.73. The molecule has 4 nitrogen and oxygen atoms in total. The Hall–Kier alpha value is -1.82. The van der Waals surface area contributed by atoms with Crippen LogP contribution >= 0.6 is 0 Å². The number of hydrogen-bond donors (Lipinski definition) is 1. The summed E-state index contributed by atoms with van der Waals surface area (Å²) in [5, 5.41) is 17.2. The van der Waals surface area contributed by atoms with Crippen LogP contribution in [0.15, 0.2) is 12.6 Å². The highest BCUT2D eigenvalue weighted by atomic mass is 19.2. The molecule has 2 rings (SSSR count). The van der Waals surface area contributed by atoms with Crippen molar-refractivity contribution in [1.82, 2.24) is 15.0 Å². The van der Waals surface area contributed by atoms with Crippen LogP contribution in [0.1, 0.15) is 19.4 Å². The molecule has 96 valence electrons. The lowest BCUT2D eigenvalue weighted by Crippen LogP contribution is -2.27. The zero-order valence-electron chi connectivity index (χ0n) is 10.1. The van der Waals surface area contributed by atoms with E-state index in [9.17, 15) is 13.9 Å². The van der Waals surface area contributed by atoms with Crippen LogP contribution in [0, 0.1) is 11.6 Å². The summed E-state index contributed by atoms with van der Waals surface area (Å²) in [6.45, 7) is 6.52. The Bertz CT molecular complexity index is 614.